The van der Waals surface area contributed by atoms with Gasteiger partial charge < -0.3 is 11.5 Å². The number of thioether (sulfide) groups is 2. The number of rotatable bonds is 10. The number of nitrogens with two attached hydrogens (primary N) is 2. The average Bonchev–Trinajstić information content (AvgIpc) is 2.41. The summed E-state index contributed by atoms with van der Waals surface area (Å²) in [7, 11) is 0. The molecule has 1 aliphatic rings. The van der Waals surface area contributed by atoms with Crippen molar-refractivity contribution in [2.75, 3.05) is 75.4 Å². The molecule has 0 radical (unpaired) electrons. The molecule has 4 N–H and O–H groups in total. The highest BCUT2D eigenvalue weighted by Gasteiger charge is 2.15. The van der Waals surface area contributed by atoms with E-state index in [1.807, 2.05) is 23.5 Å². The lowest BCUT2D eigenvalue weighted by Crippen LogP contribution is -2.47. The van der Waals surface area contributed by atoms with E-state index in [0.29, 0.717) is 0 Å². The summed E-state index contributed by atoms with van der Waals surface area (Å²) in [6, 6.07) is 0. The highest BCUT2D eigenvalue weighted by atomic mass is 32.2. The highest BCUT2D eigenvalue weighted by Crippen LogP contribution is 2.06. The van der Waals surface area contributed by atoms with E-state index in [4.69, 9.17) is 11.5 Å². The first-order chi connectivity index (χ1) is 8.86. The van der Waals surface area contributed by atoms with Crippen LogP contribution in [0, 0.1) is 0 Å². The Morgan fingerprint density at radius 1 is 0.667 bits per heavy atom. The quantitative estimate of drug-likeness (QED) is 0.552. The van der Waals surface area contributed by atoms with E-state index < -0.39 is 0 Å². The van der Waals surface area contributed by atoms with Crippen molar-refractivity contribution >= 4 is 23.5 Å². The van der Waals surface area contributed by atoms with E-state index in [1.165, 1.54) is 50.8 Å². The monoisotopic (exact) mass is 292 g/mol. The van der Waals surface area contributed by atoms with Crippen LogP contribution in [0.15, 0.2) is 0 Å². The van der Waals surface area contributed by atoms with Gasteiger partial charge in [0.1, 0.15) is 0 Å². The van der Waals surface area contributed by atoms with Crippen LogP contribution in [0.3, 0.4) is 0 Å². The molecule has 6 heteroatoms. The lowest BCUT2D eigenvalue weighted by atomic mass is 10.3. The Hall–Kier alpha value is 0.540. The summed E-state index contributed by atoms with van der Waals surface area (Å²) >= 11 is 3.94. The Labute approximate surface area is 120 Å². The third kappa shape index (κ3) is 7.86. The minimum atomic E-state index is 0.804. The van der Waals surface area contributed by atoms with Crippen LogP contribution in [0.1, 0.15) is 0 Å². The predicted molar refractivity (Wildman–Crippen MR) is 85.6 cm³/mol. The van der Waals surface area contributed by atoms with Gasteiger partial charge in [0.05, 0.1) is 0 Å². The van der Waals surface area contributed by atoms with E-state index in [-0.39, 0.29) is 0 Å². The number of piperazine rings is 1. The summed E-state index contributed by atoms with van der Waals surface area (Å²) in [4.78, 5) is 5.15. The van der Waals surface area contributed by atoms with Crippen LogP contribution in [0.25, 0.3) is 0 Å². The smallest absolute Gasteiger partial charge is 0.0110 e. The molecule has 4 nitrogen and oxygen atoms in total. The maximum absolute atomic E-state index is 5.48. The lowest BCUT2D eigenvalue weighted by molar-refractivity contribution is 0.144. The fourth-order valence-corrected chi connectivity index (χ4v) is 3.51. The van der Waals surface area contributed by atoms with Crippen LogP contribution in [0.5, 0.6) is 0 Å². The van der Waals surface area contributed by atoms with E-state index >= 15 is 0 Å². The van der Waals surface area contributed by atoms with Crippen molar-refractivity contribution in [3.05, 3.63) is 0 Å². The maximum atomic E-state index is 5.48. The number of nitrogens with zero attached hydrogens (tertiary/aromatic N) is 2. The van der Waals surface area contributed by atoms with E-state index in [1.54, 1.807) is 0 Å². The Morgan fingerprint density at radius 2 is 1.06 bits per heavy atom. The van der Waals surface area contributed by atoms with Gasteiger partial charge in [-0.05, 0) is 0 Å². The molecule has 1 aliphatic heterocycles. The largest absolute Gasteiger partial charge is 0.330 e. The fraction of sp³-hybridized carbons (Fsp3) is 1.00. The Morgan fingerprint density at radius 3 is 1.39 bits per heavy atom. The molecule has 0 unspecified atom stereocenters. The summed E-state index contributed by atoms with van der Waals surface area (Å²) in [5.41, 5.74) is 11.0. The standard InChI is InChI=1S/C12H28N4S2/c13-1-9-17-11-7-15-3-5-16(6-4-15)8-12-18-10-2-14/h1-14H2. The summed E-state index contributed by atoms with van der Waals surface area (Å²) in [5.74, 6) is 4.64. The van der Waals surface area contributed by atoms with Crippen molar-refractivity contribution in [3.63, 3.8) is 0 Å². The van der Waals surface area contributed by atoms with Crippen LogP contribution >= 0.6 is 23.5 Å². The van der Waals surface area contributed by atoms with Crippen molar-refractivity contribution in [1.82, 2.24) is 9.80 Å². The van der Waals surface area contributed by atoms with Crippen LogP contribution in [-0.2, 0) is 0 Å². The van der Waals surface area contributed by atoms with Gasteiger partial charge >= 0.3 is 0 Å². The van der Waals surface area contributed by atoms with Gasteiger partial charge in [-0.3, -0.25) is 9.80 Å². The minimum absolute atomic E-state index is 0.804. The van der Waals surface area contributed by atoms with Gasteiger partial charge in [0.25, 0.3) is 0 Å². The third-order valence-electron chi connectivity index (χ3n) is 3.09. The first-order valence-corrected chi connectivity index (χ1v) is 9.18. The van der Waals surface area contributed by atoms with Crippen molar-refractivity contribution in [1.29, 1.82) is 0 Å². The van der Waals surface area contributed by atoms with Crippen molar-refractivity contribution in [2.24, 2.45) is 11.5 Å². The molecule has 0 spiro atoms. The number of hydrogen-bond donors (Lipinski definition) is 2. The molecule has 1 heterocycles. The summed E-state index contributed by atoms with van der Waals surface area (Å²) in [5, 5.41) is 0. The summed E-state index contributed by atoms with van der Waals surface area (Å²) in [6.45, 7) is 8.96. The van der Waals surface area contributed by atoms with Gasteiger partial charge in [-0.25, -0.2) is 0 Å². The first-order valence-electron chi connectivity index (χ1n) is 6.87. The second-order valence-corrected chi connectivity index (χ2v) is 6.93. The third-order valence-corrected chi connectivity index (χ3v) is 5.08. The van der Waals surface area contributed by atoms with Gasteiger partial charge in [-0.2, -0.15) is 23.5 Å². The molecule has 0 amide bonds. The van der Waals surface area contributed by atoms with Crippen LogP contribution in [0.4, 0.5) is 0 Å². The van der Waals surface area contributed by atoms with Gasteiger partial charge in [-0.15, -0.1) is 0 Å². The summed E-state index contributed by atoms with van der Waals surface area (Å²) in [6.07, 6.45) is 0. The molecule has 0 bridgehead atoms. The zero-order valence-electron chi connectivity index (χ0n) is 11.4. The zero-order valence-corrected chi connectivity index (χ0v) is 13.0. The van der Waals surface area contributed by atoms with E-state index in [9.17, 15) is 0 Å². The molecule has 0 aliphatic carbocycles. The van der Waals surface area contributed by atoms with Crippen LogP contribution in [-0.4, -0.2) is 85.2 Å². The molecule has 108 valence electrons. The topological polar surface area (TPSA) is 58.5 Å². The molecule has 0 saturated carbocycles. The maximum Gasteiger partial charge on any atom is 0.0110 e. The predicted octanol–water partition coefficient (Wildman–Crippen LogP) is -0.0122. The normalized spacial score (nSPS) is 18.3. The lowest BCUT2D eigenvalue weighted by Gasteiger charge is -2.34. The molecular weight excluding hydrogens is 264 g/mol. The van der Waals surface area contributed by atoms with Gasteiger partial charge in [0, 0.05) is 75.4 Å². The van der Waals surface area contributed by atoms with Crippen molar-refractivity contribution in [3.8, 4) is 0 Å². The number of hydrogen-bond acceptors (Lipinski definition) is 6. The van der Waals surface area contributed by atoms with Gasteiger partial charge in [0.15, 0.2) is 0 Å². The van der Waals surface area contributed by atoms with Crippen LogP contribution < -0.4 is 11.5 Å². The van der Waals surface area contributed by atoms with E-state index in [2.05, 4.69) is 9.80 Å². The highest BCUT2D eigenvalue weighted by molar-refractivity contribution is 7.99. The Balaban J connectivity index is 1.95. The molecule has 0 aromatic carbocycles. The van der Waals surface area contributed by atoms with Gasteiger partial charge in [0.2, 0.25) is 0 Å². The molecule has 1 rings (SSSR count). The van der Waals surface area contributed by atoms with E-state index in [0.717, 1.165) is 24.6 Å². The van der Waals surface area contributed by atoms with Crippen LogP contribution in [0.2, 0.25) is 0 Å². The molecular formula is C12H28N4S2. The minimum Gasteiger partial charge on any atom is -0.330 e. The molecule has 0 aromatic heterocycles. The second-order valence-electron chi connectivity index (χ2n) is 4.49. The Bertz CT molecular complexity index is 167. The Kier molecular flexibility index (Phi) is 10.5. The fourth-order valence-electron chi connectivity index (χ4n) is 1.99. The molecule has 0 aromatic rings. The molecule has 1 saturated heterocycles. The molecule has 0 atom stereocenters. The zero-order chi connectivity index (χ0) is 13.1. The molecule has 1 fully saturated rings. The summed E-state index contributed by atoms with van der Waals surface area (Å²) < 4.78 is 0. The van der Waals surface area contributed by atoms with Gasteiger partial charge in [-0.1, -0.05) is 0 Å². The molecule has 18 heavy (non-hydrogen) atoms. The second kappa shape index (κ2) is 11.4. The average molecular weight is 293 g/mol. The first kappa shape index (κ1) is 16.6. The van der Waals surface area contributed by atoms with Crippen molar-refractivity contribution < 1.29 is 0 Å². The van der Waals surface area contributed by atoms with Crippen molar-refractivity contribution in [2.45, 2.75) is 0 Å². The SMILES string of the molecule is NCCSCCN1CCN(CCSCCN)CC1.